The number of piperidine rings is 1. The van der Waals surface area contributed by atoms with Gasteiger partial charge in [-0.15, -0.1) is 0 Å². The topological polar surface area (TPSA) is 52.6 Å². The summed E-state index contributed by atoms with van der Waals surface area (Å²) in [5, 5.41) is 12.7. The van der Waals surface area contributed by atoms with Crippen LogP contribution in [0.3, 0.4) is 0 Å². The molecule has 4 heteroatoms. The Morgan fingerprint density at radius 3 is 2.50 bits per heavy atom. The van der Waals surface area contributed by atoms with Crippen molar-refractivity contribution in [2.75, 3.05) is 13.6 Å². The first-order chi connectivity index (χ1) is 7.63. The fraction of sp³-hybridized carbons (Fsp3) is 0.917. The maximum Gasteiger partial charge on any atom is 0.227 e. The predicted octanol–water partition coefficient (Wildman–Crippen LogP) is 0.356. The number of aliphatic hydroxyl groups is 1. The Balaban J connectivity index is 2.02. The second-order valence-corrected chi connectivity index (χ2v) is 5.21. The summed E-state index contributed by atoms with van der Waals surface area (Å²) in [5.41, 5.74) is 0. The van der Waals surface area contributed by atoms with E-state index >= 15 is 0 Å². The van der Waals surface area contributed by atoms with Crippen LogP contribution in [0.4, 0.5) is 0 Å². The van der Waals surface area contributed by atoms with Gasteiger partial charge in [0.1, 0.15) is 0 Å². The van der Waals surface area contributed by atoms with Crippen molar-refractivity contribution in [3.05, 3.63) is 0 Å². The number of carbonyl (C=O) groups is 1. The van der Waals surface area contributed by atoms with Crippen LogP contribution in [-0.2, 0) is 4.79 Å². The highest BCUT2D eigenvalue weighted by molar-refractivity contribution is 5.79. The molecule has 0 aromatic rings. The predicted molar refractivity (Wildman–Crippen MR) is 62.0 cm³/mol. The van der Waals surface area contributed by atoms with Crippen molar-refractivity contribution < 1.29 is 9.90 Å². The quantitative estimate of drug-likeness (QED) is 0.730. The average Bonchev–Trinajstić information content (AvgIpc) is 2.50. The number of hydrogen-bond donors (Lipinski definition) is 2. The number of aliphatic hydroxyl groups excluding tert-OH is 1. The van der Waals surface area contributed by atoms with Crippen molar-refractivity contribution in [3.8, 4) is 0 Å². The van der Waals surface area contributed by atoms with E-state index in [4.69, 9.17) is 0 Å². The van der Waals surface area contributed by atoms with Crippen LogP contribution in [0.25, 0.3) is 0 Å². The van der Waals surface area contributed by atoms with Gasteiger partial charge in [-0.1, -0.05) is 6.92 Å². The minimum absolute atomic E-state index is 0.0448. The number of hydrogen-bond acceptors (Lipinski definition) is 3. The molecule has 2 saturated heterocycles. The van der Waals surface area contributed by atoms with Crippen molar-refractivity contribution in [1.82, 2.24) is 10.2 Å². The van der Waals surface area contributed by atoms with Crippen molar-refractivity contribution in [2.24, 2.45) is 5.92 Å². The zero-order valence-corrected chi connectivity index (χ0v) is 10.1. The fourth-order valence-corrected chi connectivity index (χ4v) is 3.16. The molecule has 1 amide bonds. The number of rotatable bonds is 3. The molecule has 2 heterocycles. The van der Waals surface area contributed by atoms with Crippen molar-refractivity contribution in [2.45, 2.75) is 50.8 Å². The van der Waals surface area contributed by atoms with E-state index in [1.165, 1.54) is 0 Å². The average molecular weight is 226 g/mol. The number of carbonyl (C=O) groups excluding carboxylic acids is 1. The second kappa shape index (κ2) is 4.72. The summed E-state index contributed by atoms with van der Waals surface area (Å²) in [7, 11) is 1.87. The Bertz CT molecular complexity index is 256. The molecular formula is C12H22N2O2. The molecule has 2 N–H and O–H groups in total. The number of nitrogens with one attached hydrogen (secondary N) is 1. The number of fused-ring (bicyclic) bond motifs is 2. The highest BCUT2D eigenvalue weighted by atomic mass is 16.3. The first-order valence-electron chi connectivity index (χ1n) is 6.28. The summed E-state index contributed by atoms with van der Waals surface area (Å²) in [6, 6.07) is 0.584. The molecule has 0 aromatic carbocycles. The van der Waals surface area contributed by atoms with Crippen LogP contribution in [-0.4, -0.2) is 47.7 Å². The van der Waals surface area contributed by atoms with E-state index < -0.39 is 0 Å². The van der Waals surface area contributed by atoms with E-state index in [2.05, 4.69) is 10.2 Å². The Hall–Kier alpha value is -0.610. The van der Waals surface area contributed by atoms with Crippen molar-refractivity contribution in [1.29, 1.82) is 0 Å². The monoisotopic (exact) mass is 226 g/mol. The van der Waals surface area contributed by atoms with Crippen LogP contribution in [0.2, 0.25) is 0 Å². The van der Waals surface area contributed by atoms with Crippen molar-refractivity contribution >= 4 is 5.91 Å². The van der Waals surface area contributed by atoms with E-state index in [9.17, 15) is 9.90 Å². The summed E-state index contributed by atoms with van der Waals surface area (Å²) < 4.78 is 0. The van der Waals surface area contributed by atoms with Gasteiger partial charge in [-0.3, -0.25) is 4.79 Å². The number of amides is 1. The van der Waals surface area contributed by atoms with Crippen LogP contribution in [0.1, 0.15) is 32.6 Å². The van der Waals surface area contributed by atoms with Gasteiger partial charge in [0.15, 0.2) is 0 Å². The van der Waals surface area contributed by atoms with Gasteiger partial charge in [-0.05, 0) is 32.7 Å². The third-order valence-electron chi connectivity index (χ3n) is 3.89. The lowest BCUT2D eigenvalue weighted by atomic mass is 9.97. The molecule has 2 aliphatic heterocycles. The van der Waals surface area contributed by atoms with E-state index in [1.807, 2.05) is 14.0 Å². The van der Waals surface area contributed by atoms with E-state index in [0.717, 1.165) is 32.2 Å². The first-order valence-corrected chi connectivity index (χ1v) is 6.28. The molecular weight excluding hydrogens is 204 g/mol. The molecule has 0 aliphatic carbocycles. The summed E-state index contributed by atoms with van der Waals surface area (Å²) in [6.45, 7) is 2.71. The first kappa shape index (κ1) is 11.9. The minimum atomic E-state index is -0.193. The largest absolute Gasteiger partial charge is 0.393 e. The third-order valence-corrected chi connectivity index (χ3v) is 3.89. The summed E-state index contributed by atoms with van der Waals surface area (Å²) in [6.07, 6.45) is 3.49. The lowest BCUT2D eigenvalue weighted by Gasteiger charge is -2.38. The molecule has 92 valence electrons. The van der Waals surface area contributed by atoms with Gasteiger partial charge < -0.3 is 15.3 Å². The highest BCUT2D eigenvalue weighted by Crippen LogP contribution is 2.36. The molecule has 16 heavy (non-hydrogen) atoms. The van der Waals surface area contributed by atoms with Gasteiger partial charge in [0.05, 0.1) is 6.10 Å². The molecule has 3 unspecified atom stereocenters. The van der Waals surface area contributed by atoms with Crippen LogP contribution in [0, 0.1) is 5.92 Å². The van der Waals surface area contributed by atoms with E-state index in [0.29, 0.717) is 12.1 Å². The van der Waals surface area contributed by atoms with Gasteiger partial charge in [0.25, 0.3) is 0 Å². The minimum Gasteiger partial charge on any atom is -0.393 e. The molecule has 2 bridgehead atoms. The lowest BCUT2D eigenvalue weighted by Crippen LogP contribution is -2.50. The Kier molecular flexibility index (Phi) is 3.50. The maximum atomic E-state index is 12.3. The van der Waals surface area contributed by atoms with Crippen LogP contribution in [0.15, 0.2) is 0 Å². The standard InChI is InChI=1S/C12H22N2O2/c1-8(7-13-2)12(16)14-9-3-4-10(14)6-11(15)5-9/h8-11,13,15H,3-7H2,1-2H3. The van der Waals surface area contributed by atoms with Crippen LogP contribution >= 0.6 is 0 Å². The van der Waals surface area contributed by atoms with Crippen molar-refractivity contribution in [3.63, 3.8) is 0 Å². The van der Waals surface area contributed by atoms with Gasteiger partial charge in [0.2, 0.25) is 5.91 Å². The molecule has 2 rings (SSSR count). The summed E-state index contributed by atoms with van der Waals surface area (Å²) in [4.78, 5) is 14.3. The zero-order valence-electron chi connectivity index (χ0n) is 10.1. The van der Waals surface area contributed by atoms with Crippen LogP contribution in [0.5, 0.6) is 0 Å². The van der Waals surface area contributed by atoms with Gasteiger partial charge in [-0.2, -0.15) is 0 Å². The zero-order chi connectivity index (χ0) is 11.7. The van der Waals surface area contributed by atoms with E-state index in [-0.39, 0.29) is 17.9 Å². The fourth-order valence-electron chi connectivity index (χ4n) is 3.16. The maximum absolute atomic E-state index is 12.3. The number of nitrogens with zero attached hydrogens (tertiary/aromatic N) is 1. The molecule has 4 nitrogen and oxygen atoms in total. The summed E-state index contributed by atoms with van der Waals surface area (Å²) in [5.74, 6) is 0.303. The highest BCUT2D eigenvalue weighted by Gasteiger charge is 2.43. The van der Waals surface area contributed by atoms with Gasteiger partial charge >= 0.3 is 0 Å². The Morgan fingerprint density at radius 2 is 2.00 bits per heavy atom. The molecule has 3 atom stereocenters. The molecule has 0 aromatic heterocycles. The Labute approximate surface area is 97.0 Å². The molecule has 2 fully saturated rings. The molecule has 2 aliphatic rings. The normalized spacial score (nSPS) is 35.2. The van der Waals surface area contributed by atoms with Gasteiger partial charge in [-0.25, -0.2) is 0 Å². The smallest absolute Gasteiger partial charge is 0.227 e. The summed E-state index contributed by atoms with van der Waals surface area (Å²) >= 11 is 0. The third kappa shape index (κ3) is 2.09. The molecule has 0 spiro atoms. The Morgan fingerprint density at radius 1 is 1.44 bits per heavy atom. The SMILES string of the molecule is CNCC(C)C(=O)N1C2CCC1CC(O)C2. The molecule has 0 radical (unpaired) electrons. The van der Waals surface area contributed by atoms with Crippen LogP contribution < -0.4 is 5.32 Å². The lowest BCUT2D eigenvalue weighted by molar-refractivity contribution is -0.141. The van der Waals surface area contributed by atoms with E-state index in [1.54, 1.807) is 0 Å². The van der Waals surface area contributed by atoms with Gasteiger partial charge in [0, 0.05) is 24.5 Å². The molecule has 0 saturated carbocycles. The second-order valence-electron chi connectivity index (χ2n) is 5.21.